The molecule has 1 aromatic rings. The Morgan fingerprint density at radius 2 is 2.12 bits per heavy atom. The summed E-state index contributed by atoms with van der Waals surface area (Å²) in [6.45, 7) is 11.2. The molecule has 92 valence electrons. The van der Waals surface area contributed by atoms with Gasteiger partial charge in [0.15, 0.2) is 0 Å². The van der Waals surface area contributed by atoms with Crippen LogP contribution >= 0.6 is 0 Å². The molecule has 0 bridgehead atoms. The third-order valence-corrected chi connectivity index (χ3v) is 2.22. The summed E-state index contributed by atoms with van der Waals surface area (Å²) < 4.78 is 10.9. The van der Waals surface area contributed by atoms with Gasteiger partial charge in [-0.05, 0) is 19.8 Å². The molecule has 0 radical (unpaired) electrons. The number of rotatable bonds is 7. The molecule has 0 fully saturated rings. The highest BCUT2D eigenvalue weighted by Gasteiger charge is 2.04. The van der Waals surface area contributed by atoms with Crippen LogP contribution in [0.25, 0.3) is 0 Å². The first kappa shape index (κ1) is 13.2. The summed E-state index contributed by atoms with van der Waals surface area (Å²) in [6, 6.07) is 0. The van der Waals surface area contributed by atoms with Crippen molar-refractivity contribution in [3.63, 3.8) is 0 Å². The second kappa shape index (κ2) is 6.66. The monoisotopic (exact) mass is 226 g/mol. The molecule has 0 saturated carbocycles. The van der Waals surface area contributed by atoms with Gasteiger partial charge in [0.25, 0.3) is 0 Å². The zero-order valence-corrected chi connectivity index (χ0v) is 10.7. The maximum atomic E-state index is 5.45. The molecule has 4 heteroatoms. The molecule has 1 N–H and O–H groups in total. The zero-order chi connectivity index (χ0) is 12.0. The largest absolute Gasteiger partial charge is 0.444 e. The number of aromatic nitrogens is 1. The molecular formula is C12H22N2O2. The first-order valence-corrected chi connectivity index (χ1v) is 5.81. The summed E-state index contributed by atoms with van der Waals surface area (Å²) in [6.07, 6.45) is 0. The maximum absolute atomic E-state index is 5.45. The maximum Gasteiger partial charge on any atom is 0.208 e. The summed E-state index contributed by atoms with van der Waals surface area (Å²) in [5.74, 6) is 2.24. The SMILES string of the molecule is Cc1nc(CNCCOCC(C)C)oc1C. The predicted molar refractivity (Wildman–Crippen MR) is 63.3 cm³/mol. The van der Waals surface area contributed by atoms with Crippen molar-refractivity contribution >= 4 is 0 Å². The summed E-state index contributed by atoms with van der Waals surface area (Å²) in [4.78, 5) is 4.29. The summed E-state index contributed by atoms with van der Waals surface area (Å²) in [5.41, 5.74) is 0.966. The van der Waals surface area contributed by atoms with Gasteiger partial charge in [-0.25, -0.2) is 4.98 Å². The number of aryl methyl sites for hydroxylation is 2. The Morgan fingerprint density at radius 1 is 1.38 bits per heavy atom. The molecule has 16 heavy (non-hydrogen) atoms. The van der Waals surface area contributed by atoms with Crippen LogP contribution in [0.3, 0.4) is 0 Å². The van der Waals surface area contributed by atoms with E-state index in [1.807, 2.05) is 13.8 Å². The van der Waals surface area contributed by atoms with E-state index in [4.69, 9.17) is 9.15 Å². The molecular weight excluding hydrogens is 204 g/mol. The van der Waals surface area contributed by atoms with Gasteiger partial charge < -0.3 is 14.5 Å². The van der Waals surface area contributed by atoms with Crippen LogP contribution in [0.15, 0.2) is 4.42 Å². The van der Waals surface area contributed by atoms with Crippen molar-refractivity contribution in [1.82, 2.24) is 10.3 Å². The molecule has 1 rings (SSSR count). The Morgan fingerprint density at radius 3 is 2.69 bits per heavy atom. The van der Waals surface area contributed by atoms with E-state index in [0.717, 1.165) is 37.1 Å². The van der Waals surface area contributed by atoms with Gasteiger partial charge in [0.2, 0.25) is 5.89 Å². The minimum absolute atomic E-state index is 0.594. The Labute approximate surface area is 97.4 Å². The molecule has 1 heterocycles. The quantitative estimate of drug-likeness (QED) is 0.723. The molecule has 4 nitrogen and oxygen atoms in total. The minimum Gasteiger partial charge on any atom is -0.444 e. The van der Waals surface area contributed by atoms with Crippen LogP contribution in [-0.4, -0.2) is 24.7 Å². The van der Waals surface area contributed by atoms with E-state index in [2.05, 4.69) is 24.1 Å². The fraction of sp³-hybridized carbons (Fsp3) is 0.750. The van der Waals surface area contributed by atoms with Gasteiger partial charge in [-0.3, -0.25) is 0 Å². The third kappa shape index (κ3) is 4.77. The molecule has 0 amide bonds. The van der Waals surface area contributed by atoms with E-state index in [1.165, 1.54) is 0 Å². The van der Waals surface area contributed by atoms with Crippen LogP contribution in [-0.2, 0) is 11.3 Å². The van der Waals surface area contributed by atoms with Gasteiger partial charge in [-0.1, -0.05) is 13.8 Å². The summed E-state index contributed by atoms with van der Waals surface area (Å²) in [7, 11) is 0. The molecule has 0 saturated heterocycles. The molecule has 0 aliphatic heterocycles. The van der Waals surface area contributed by atoms with Gasteiger partial charge in [0.05, 0.1) is 18.8 Å². The van der Waals surface area contributed by atoms with Gasteiger partial charge in [0.1, 0.15) is 5.76 Å². The Bertz CT molecular complexity index is 288. The van der Waals surface area contributed by atoms with E-state index in [0.29, 0.717) is 12.5 Å². The lowest BCUT2D eigenvalue weighted by Gasteiger charge is -2.06. The number of hydrogen-bond acceptors (Lipinski definition) is 4. The Balaban J connectivity index is 2.07. The zero-order valence-electron chi connectivity index (χ0n) is 10.7. The van der Waals surface area contributed by atoms with Crippen molar-refractivity contribution in [1.29, 1.82) is 0 Å². The van der Waals surface area contributed by atoms with Crippen molar-refractivity contribution in [3.8, 4) is 0 Å². The van der Waals surface area contributed by atoms with Gasteiger partial charge in [-0.15, -0.1) is 0 Å². The van der Waals surface area contributed by atoms with E-state index >= 15 is 0 Å². The fourth-order valence-electron chi connectivity index (χ4n) is 1.27. The molecule has 0 aliphatic rings. The van der Waals surface area contributed by atoms with Crippen molar-refractivity contribution in [2.75, 3.05) is 19.8 Å². The smallest absolute Gasteiger partial charge is 0.208 e. The third-order valence-electron chi connectivity index (χ3n) is 2.22. The van der Waals surface area contributed by atoms with Crippen LogP contribution in [0.5, 0.6) is 0 Å². The summed E-state index contributed by atoms with van der Waals surface area (Å²) in [5, 5.41) is 3.23. The van der Waals surface area contributed by atoms with E-state index in [-0.39, 0.29) is 0 Å². The first-order valence-electron chi connectivity index (χ1n) is 5.81. The minimum atomic E-state index is 0.594. The average Bonchev–Trinajstić information content (AvgIpc) is 2.52. The van der Waals surface area contributed by atoms with Crippen LogP contribution in [0, 0.1) is 19.8 Å². The predicted octanol–water partition coefficient (Wildman–Crippen LogP) is 2.05. The van der Waals surface area contributed by atoms with Crippen molar-refractivity contribution in [2.24, 2.45) is 5.92 Å². The second-order valence-corrected chi connectivity index (χ2v) is 4.39. The van der Waals surface area contributed by atoms with Crippen LogP contribution in [0.4, 0.5) is 0 Å². The molecule has 1 aromatic heterocycles. The van der Waals surface area contributed by atoms with E-state index < -0.39 is 0 Å². The van der Waals surface area contributed by atoms with Crippen LogP contribution < -0.4 is 5.32 Å². The second-order valence-electron chi connectivity index (χ2n) is 4.39. The van der Waals surface area contributed by atoms with Crippen molar-refractivity contribution in [2.45, 2.75) is 34.2 Å². The van der Waals surface area contributed by atoms with Gasteiger partial charge in [-0.2, -0.15) is 0 Å². The number of nitrogens with zero attached hydrogens (tertiary/aromatic N) is 1. The Kier molecular flexibility index (Phi) is 5.49. The van der Waals surface area contributed by atoms with Gasteiger partial charge >= 0.3 is 0 Å². The normalized spacial score (nSPS) is 11.3. The van der Waals surface area contributed by atoms with E-state index in [9.17, 15) is 0 Å². The van der Waals surface area contributed by atoms with Crippen LogP contribution in [0.2, 0.25) is 0 Å². The lowest BCUT2D eigenvalue weighted by Crippen LogP contribution is -2.20. The highest BCUT2D eigenvalue weighted by atomic mass is 16.5. The number of nitrogens with one attached hydrogen (secondary N) is 1. The molecule has 0 atom stereocenters. The van der Waals surface area contributed by atoms with E-state index in [1.54, 1.807) is 0 Å². The molecule has 0 unspecified atom stereocenters. The fourth-order valence-corrected chi connectivity index (χ4v) is 1.27. The average molecular weight is 226 g/mol. The van der Waals surface area contributed by atoms with Crippen molar-refractivity contribution < 1.29 is 9.15 Å². The van der Waals surface area contributed by atoms with Gasteiger partial charge in [0, 0.05) is 13.2 Å². The lowest BCUT2D eigenvalue weighted by atomic mass is 10.2. The molecule has 0 aliphatic carbocycles. The lowest BCUT2D eigenvalue weighted by molar-refractivity contribution is 0.111. The highest BCUT2D eigenvalue weighted by molar-refractivity contribution is 5.04. The standard InChI is InChI=1S/C12H22N2O2/c1-9(2)8-15-6-5-13-7-12-14-10(3)11(4)16-12/h9,13H,5-8H2,1-4H3. The first-order chi connectivity index (χ1) is 7.59. The Hall–Kier alpha value is -0.870. The summed E-state index contributed by atoms with van der Waals surface area (Å²) >= 11 is 0. The number of ether oxygens (including phenoxy) is 1. The van der Waals surface area contributed by atoms with Crippen LogP contribution in [0.1, 0.15) is 31.2 Å². The molecule has 0 spiro atoms. The molecule has 0 aromatic carbocycles. The number of oxazole rings is 1. The highest BCUT2D eigenvalue weighted by Crippen LogP contribution is 2.07. The number of hydrogen-bond donors (Lipinski definition) is 1. The van der Waals surface area contributed by atoms with Crippen molar-refractivity contribution in [3.05, 3.63) is 17.3 Å². The topological polar surface area (TPSA) is 47.3 Å².